The van der Waals surface area contributed by atoms with Gasteiger partial charge in [-0.25, -0.2) is 9.37 Å². The third kappa shape index (κ3) is 5.67. The number of aromatic nitrogens is 6. The first-order chi connectivity index (χ1) is 19.1. The molecule has 3 N–H and O–H groups in total. The summed E-state index contributed by atoms with van der Waals surface area (Å²) < 4.78 is 12.3. The molecular formula is C30H28FN7O. The van der Waals surface area contributed by atoms with E-state index in [4.69, 9.17) is 4.98 Å². The lowest BCUT2D eigenvalue weighted by atomic mass is 10.0. The molecule has 8 nitrogen and oxygen atoms in total. The maximum absolute atomic E-state index is 12.3. The van der Waals surface area contributed by atoms with Gasteiger partial charge in [0, 0.05) is 35.3 Å². The molecule has 0 unspecified atom stereocenters. The summed E-state index contributed by atoms with van der Waals surface area (Å²) in [6, 6.07) is 7.89. The Hall–Kier alpha value is -4.92. The van der Waals surface area contributed by atoms with Gasteiger partial charge in [-0.15, -0.1) is 0 Å². The van der Waals surface area contributed by atoms with Crippen molar-refractivity contribution in [3.63, 3.8) is 0 Å². The Kier molecular flexibility index (Phi) is 7.68. The normalized spacial score (nSPS) is 11.7. The van der Waals surface area contributed by atoms with Crippen LogP contribution in [0.5, 0.6) is 0 Å². The van der Waals surface area contributed by atoms with Crippen molar-refractivity contribution < 1.29 is 9.18 Å². The number of rotatable bonds is 10. The van der Waals surface area contributed by atoms with Crippen LogP contribution in [-0.2, 0) is 4.79 Å². The second-order valence-corrected chi connectivity index (χ2v) is 9.08. The number of carbonyl (C=O) groups is 1. The summed E-state index contributed by atoms with van der Waals surface area (Å²) in [5.41, 5.74) is 6.93. The molecule has 0 atom stereocenters. The number of carbonyl (C=O) groups excluding carboxylic acids is 1. The first-order valence-electron chi connectivity index (χ1n) is 12.7. The van der Waals surface area contributed by atoms with Crippen molar-refractivity contribution in [3.05, 3.63) is 85.5 Å². The molecule has 9 heteroatoms. The summed E-state index contributed by atoms with van der Waals surface area (Å²) in [5, 5.41) is 11.4. The number of nitrogens with zero attached hydrogens (tertiary/aromatic N) is 4. The maximum Gasteiger partial charge on any atom is 0.224 e. The third-order valence-electron chi connectivity index (χ3n) is 6.27. The number of hydrogen-bond acceptors (Lipinski definition) is 5. The molecule has 0 radical (unpaired) electrons. The molecule has 0 bridgehead atoms. The second-order valence-electron chi connectivity index (χ2n) is 9.08. The molecule has 4 heterocycles. The molecule has 0 saturated heterocycles. The number of imidazole rings is 1. The van der Waals surface area contributed by atoms with Crippen LogP contribution >= 0.6 is 0 Å². The lowest BCUT2D eigenvalue weighted by Gasteiger charge is -2.07. The zero-order valence-corrected chi connectivity index (χ0v) is 21.5. The summed E-state index contributed by atoms with van der Waals surface area (Å²) >= 11 is 0. The first kappa shape index (κ1) is 25.7. The van der Waals surface area contributed by atoms with Crippen LogP contribution in [0.15, 0.2) is 79.9 Å². The highest BCUT2D eigenvalue weighted by Gasteiger charge is 2.16. The van der Waals surface area contributed by atoms with Gasteiger partial charge in [0.1, 0.15) is 12.4 Å². The zero-order chi connectivity index (χ0) is 27.2. The number of unbranched alkanes of at least 4 members (excludes halogenated alkanes) is 1. The van der Waals surface area contributed by atoms with Crippen LogP contribution in [0.4, 0.5) is 10.1 Å². The van der Waals surface area contributed by atoms with Crippen molar-refractivity contribution in [3.8, 4) is 22.6 Å². The van der Waals surface area contributed by atoms with E-state index in [0.29, 0.717) is 34.7 Å². The van der Waals surface area contributed by atoms with E-state index in [0.717, 1.165) is 46.0 Å². The fourth-order valence-corrected chi connectivity index (χ4v) is 4.27. The molecule has 0 fully saturated rings. The Bertz CT molecular complexity index is 1710. The highest BCUT2D eigenvalue weighted by atomic mass is 19.1. The number of halogens is 1. The van der Waals surface area contributed by atoms with Crippen LogP contribution in [0, 0.1) is 0 Å². The highest BCUT2D eigenvalue weighted by molar-refractivity contribution is 5.98. The second kappa shape index (κ2) is 11.6. The molecule has 0 aliphatic heterocycles. The van der Waals surface area contributed by atoms with Crippen molar-refractivity contribution in [2.45, 2.75) is 26.2 Å². The van der Waals surface area contributed by atoms with Gasteiger partial charge in [0.25, 0.3) is 0 Å². The Balaban J connectivity index is 1.47. The minimum atomic E-state index is -0.520. The van der Waals surface area contributed by atoms with Gasteiger partial charge in [0.15, 0.2) is 5.82 Å². The van der Waals surface area contributed by atoms with Gasteiger partial charge >= 0.3 is 0 Å². The molecule has 39 heavy (non-hydrogen) atoms. The molecule has 0 saturated carbocycles. The molecule has 1 aromatic carbocycles. The average Bonchev–Trinajstić information content (AvgIpc) is 3.58. The lowest BCUT2D eigenvalue weighted by molar-refractivity contribution is -0.116. The fourth-order valence-electron chi connectivity index (χ4n) is 4.27. The van der Waals surface area contributed by atoms with Gasteiger partial charge in [-0.05, 0) is 35.8 Å². The van der Waals surface area contributed by atoms with Gasteiger partial charge in [0.2, 0.25) is 5.91 Å². The summed E-state index contributed by atoms with van der Waals surface area (Å²) in [6.45, 7) is 5.65. The molecule has 5 aromatic rings. The minimum absolute atomic E-state index is 0.0171. The predicted molar refractivity (Wildman–Crippen MR) is 154 cm³/mol. The Morgan fingerprint density at radius 3 is 2.79 bits per heavy atom. The molecular weight excluding hydrogens is 493 g/mol. The van der Waals surface area contributed by atoms with E-state index in [1.165, 1.54) is 6.08 Å². The number of pyridine rings is 2. The van der Waals surface area contributed by atoms with Crippen molar-refractivity contribution in [2.24, 2.45) is 0 Å². The molecule has 0 spiro atoms. The number of allylic oxidation sites excluding steroid dienone is 5. The number of fused-ring (bicyclic) bond motifs is 2. The number of nitrogens with one attached hydrogen (secondary N) is 3. The zero-order valence-electron chi connectivity index (χ0n) is 21.5. The van der Waals surface area contributed by atoms with Gasteiger partial charge in [-0.1, -0.05) is 50.3 Å². The SMILES string of the molecule is C=C(/C=C\C=C/CF)c1cncc2[nH]c(-c3n[nH]c4ccc(-c5cncc(NC(=O)CCCC)c5)cc34)nc12. The Labute approximate surface area is 224 Å². The molecule has 4 aromatic heterocycles. The minimum Gasteiger partial charge on any atom is -0.335 e. The number of anilines is 1. The van der Waals surface area contributed by atoms with E-state index >= 15 is 0 Å². The quantitative estimate of drug-likeness (QED) is 0.175. The summed E-state index contributed by atoms with van der Waals surface area (Å²) in [5.74, 6) is 0.573. The molecule has 196 valence electrons. The van der Waals surface area contributed by atoms with E-state index < -0.39 is 6.67 Å². The molecule has 1 amide bonds. The number of benzene rings is 1. The number of alkyl halides is 1. The van der Waals surface area contributed by atoms with Gasteiger partial charge in [0.05, 0.1) is 34.6 Å². The van der Waals surface area contributed by atoms with E-state index in [9.17, 15) is 9.18 Å². The van der Waals surface area contributed by atoms with Gasteiger partial charge in [-0.2, -0.15) is 5.10 Å². The number of amides is 1. The van der Waals surface area contributed by atoms with E-state index in [1.54, 1.807) is 43.0 Å². The van der Waals surface area contributed by atoms with Crippen molar-refractivity contribution >= 4 is 39.1 Å². The van der Waals surface area contributed by atoms with Crippen molar-refractivity contribution in [1.82, 2.24) is 30.1 Å². The van der Waals surface area contributed by atoms with Crippen molar-refractivity contribution in [2.75, 3.05) is 12.0 Å². The predicted octanol–water partition coefficient (Wildman–Crippen LogP) is 6.79. The van der Waals surface area contributed by atoms with Crippen molar-refractivity contribution in [1.29, 1.82) is 0 Å². The number of H-pyrrole nitrogens is 2. The molecule has 0 aliphatic carbocycles. The summed E-state index contributed by atoms with van der Waals surface area (Å²) in [4.78, 5) is 29.0. The van der Waals surface area contributed by atoms with E-state index in [2.05, 4.69) is 44.0 Å². The lowest BCUT2D eigenvalue weighted by Crippen LogP contribution is -2.11. The topological polar surface area (TPSA) is 112 Å². The standard InChI is InChI=1S/C30H28FN7O/c1-3-4-9-27(39)34-22-13-21(15-32-16-22)20-10-11-25-23(14-20)29(38-37-25)30-35-26-18-33-17-24(28(26)36-30)19(2)8-6-5-7-12-31/h5-8,10-11,13-18H,2-4,9,12H2,1H3,(H,34,39)(H,35,36)(H,37,38)/b7-5-,8-6-. The molecule has 5 rings (SSSR count). The molecule has 0 aliphatic rings. The van der Waals surface area contributed by atoms with E-state index in [1.807, 2.05) is 24.3 Å². The maximum atomic E-state index is 12.3. The average molecular weight is 522 g/mol. The van der Waals surface area contributed by atoms with Crippen LogP contribution in [0.25, 0.3) is 50.2 Å². The fraction of sp³-hybridized carbons (Fsp3) is 0.167. The largest absolute Gasteiger partial charge is 0.335 e. The summed E-state index contributed by atoms with van der Waals surface area (Å²) in [6.07, 6.45) is 15.7. The Morgan fingerprint density at radius 2 is 1.95 bits per heavy atom. The highest BCUT2D eigenvalue weighted by Crippen LogP contribution is 2.32. The van der Waals surface area contributed by atoms with Gasteiger partial charge < -0.3 is 10.3 Å². The monoisotopic (exact) mass is 521 g/mol. The van der Waals surface area contributed by atoms with Crippen LogP contribution in [-0.4, -0.2) is 42.7 Å². The van der Waals surface area contributed by atoms with Crippen LogP contribution in [0.3, 0.4) is 0 Å². The first-order valence-corrected chi connectivity index (χ1v) is 12.7. The van der Waals surface area contributed by atoms with Crippen LogP contribution in [0.2, 0.25) is 0 Å². The van der Waals surface area contributed by atoms with E-state index in [-0.39, 0.29) is 5.91 Å². The summed E-state index contributed by atoms with van der Waals surface area (Å²) in [7, 11) is 0. The number of aromatic amines is 2. The Morgan fingerprint density at radius 1 is 1.08 bits per heavy atom. The third-order valence-corrected chi connectivity index (χ3v) is 6.27. The smallest absolute Gasteiger partial charge is 0.224 e. The van der Waals surface area contributed by atoms with Gasteiger partial charge in [-0.3, -0.25) is 19.9 Å². The van der Waals surface area contributed by atoms with Crippen LogP contribution in [0.1, 0.15) is 31.7 Å². The van der Waals surface area contributed by atoms with Crippen LogP contribution < -0.4 is 5.32 Å². The number of hydrogen-bond donors (Lipinski definition) is 3.